The Morgan fingerprint density at radius 1 is 1.11 bits per heavy atom. The number of morpholine rings is 1. The minimum atomic E-state index is -0.151. The lowest BCUT2D eigenvalue weighted by atomic mass is 9.84. The average Bonchev–Trinajstić information content (AvgIpc) is 3.40. The Morgan fingerprint density at radius 3 is 2.70 bits per heavy atom. The summed E-state index contributed by atoms with van der Waals surface area (Å²) in [5.74, 6) is 0.514. The van der Waals surface area contributed by atoms with Crippen LogP contribution in [0.1, 0.15) is 43.2 Å². The Bertz CT molecular complexity index is 783. The summed E-state index contributed by atoms with van der Waals surface area (Å²) in [5.41, 5.74) is 5.32. The van der Waals surface area contributed by atoms with Gasteiger partial charge in [-0.2, -0.15) is 5.11 Å². The molecule has 4 aliphatic rings. The predicted octanol–water partition coefficient (Wildman–Crippen LogP) is 4.41. The standard InChI is InChI=1S/C22H30N4O/c1-16-7-8-19(15-17(16)2)26-22(25-11-13-27-14-12-25)20(18-5-3-4-6-18)9-10-21(22)23-24-26/h5,7-8,15,20-21H,3-4,6,9-14H2,1-2H3/t20-,21-,22-/m1/s1. The van der Waals surface area contributed by atoms with Crippen molar-refractivity contribution < 1.29 is 4.74 Å². The second-order valence-electron chi connectivity index (χ2n) is 8.48. The lowest BCUT2D eigenvalue weighted by molar-refractivity contribution is -0.0340. The van der Waals surface area contributed by atoms with Crippen molar-refractivity contribution in [3.63, 3.8) is 0 Å². The fraction of sp³-hybridized carbons (Fsp3) is 0.636. The van der Waals surface area contributed by atoms with Crippen LogP contribution in [0.3, 0.4) is 0 Å². The molecule has 0 aromatic heterocycles. The molecule has 2 aliphatic heterocycles. The van der Waals surface area contributed by atoms with Crippen molar-refractivity contribution in [3.05, 3.63) is 41.0 Å². The highest BCUT2D eigenvalue weighted by Crippen LogP contribution is 2.54. The summed E-state index contributed by atoms with van der Waals surface area (Å²) in [6.07, 6.45) is 8.62. The van der Waals surface area contributed by atoms with Crippen LogP contribution in [0.2, 0.25) is 0 Å². The maximum atomic E-state index is 5.70. The van der Waals surface area contributed by atoms with E-state index in [1.165, 1.54) is 42.5 Å². The van der Waals surface area contributed by atoms with Crippen LogP contribution >= 0.6 is 0 Å². The third-order valence-corrected chi connectivity index (χ3v) is 7.13. The molecule has 3 atom stereocenters. The van der Waals surface area contributed by atoms with E-state index in [1.54, 1.807) is 5.57 Å². The monoisotopic (exact) mass is 366 g/mol. The third kappa shape index (κ3) is 2.59. The molecule has 0 radical (unpaired) electrons. The molecule has 2 aliphatic carbocycles. The number of hydrogen-bond donors (Lipinski definition) is 0. The Balaban J connectivity index is 1.62. The topological polar surface area (TPSA) is 40.4 Å². The normalized spacial score (nSPS) is 33.6. The van der Waals surface area contributed by atoms with Gasteiger partial charge < -0.3 is 4.74 Å². The SMILES string of the molecule is Cc1ccc(N2N=N[C@@H]3CC[C@H](C4=CCCC4)[C@]32N2CCOCC2)cc1C. The van der Waals surface area contributed by atoms with Crippen LogP contribution in [0.15, 0.2) is 40.2 Å². The number of rotatable bonds is 3. The maximum Gasteiger partial charge on any atom is 0.148 e. The number of hydrogen-bond acceptors (Lipinski definition) is 5. The van der Waals surface area contributed by atoms with Crippen molar-refractivity contribution in [3.8, 4) is 0 Å². The molecule has 0 bridgehead atoms. The van der Waals surface area contributed by atoms with Crippen molar-refractivity contribution in [2.45, 2.75) is 57.7 Å². The zero-order valence-electron chi connectivity index (χ0n) is 16.5. The van der Waals surface area contributed by atoms with E-state index in [1.807, 2.05) is 0 Å². The van der Waals surface area contributed by atoms with Gasteiger partial charge in [-0.15, -0.1) is 0 Å². The van der Waals surface area contributed by atoms with Gasteiger partial charge in [0, 0.05) is 19.0 Å². The highest BCUT2D eigenvalue weighted by atomic mass is 16.5. The fourth-order valence-electron chi connectivity index (χ4n) is 5.67. The van der Waals surface area contributed by atoms with Gasteiger partial charge in [-0.3, -0.25) is 4.90 Å². The first-order chi connectivity index (χ1) is 13.2. The molecule has 0 N–H and O–H groups in total. The number of anilines is 1. The summed E-state index contributed by atoms with van der Waals surface area (Å²) in [5, 5.41) is 11.9. The molecule has 1 saturated heterocycles. The molecule has 5 heteroatoms. The summed E-state index contributed by atoms with van der Waals surface area (Å²) < 4.78 is 5.70. The average molecular weight is 367 g/mol. The van der Waals surface area contributed by atoms with Crippen molar-refractivity contribution in [2.75, 3.05) is 31.3 Å². The molecule has 5 rings (SSSR count). The van der Waals surface area contributed by atoms with Crippen LogP contribution in [0.4, 0.5) is 5.69 Å². The quantitative estimate of drug-likeness (QED) is 0.744. The van der Waals surface area contributed by atoms with Gasteiger partial charge in [-0.1, -0.05) is 22.9 Å². The molecule has 2 heterocycles. The molecule has 1 saturated carbocycles. The van der Waals surface area contributed by atoms with Crippen molar-refractivity contribution in [1.29, 1.82) is 0 Å². The van der Waals surface area contributed by atoms with Gasteiger partial charge in [-0.05, 0) is 69.2 Å². The molecular weight excluding hydrogens is 336 g/mol. The summed E-state index contributed by atoms with van der Waals surface area (Å²) in [4.78, 5) is 2.65. The molecule has 0 unspecified atom stereocenters. The van der Waals surface area contributed by atoms with Crippen LogP contribution in [-0.4, -0.2) is 42.9 Å². The number of nitrogens with zero attached hydrogens (tertiary/aromatic N) is 4. The van der Waals surface area contributed by atoms with E-state index in [2.05, 4.69) is 48.0 Å². The van der Waals surface area contributed by atoms with Gasteiger partial charge in [0.15, 0.2) is 0 Å². The van der Waals surface area contributed by atoms with Crippen molar-refractivity contribution in [1.82, 2.24) is 4.90 Å². The molecule has 27 heavy (non-hydrogen) atoms. The van der Waals surface area contributed by atoms with E-state index in [4.69, 9.17) is 15.1 Å². The first kappa shape index (κ1) is 17.4. The minimum absolute atomic E-state index is 0.151. The lowest BCUT2D eigenvalue weighted by Crippen LogP contribution is -2.66. The molecule has 144 valence electrons. The summed E-state index contributed by atoms with van der Waals surface area (Å²) in [6.45, 7) is 7.91. The molecular formula is C22H30N4O. The van der Waals surface area contributed by atoms with Gasteiger partial charge in [0.2, 0.25) is 0 Å². The van der Waals surface area contributed by atoms with Crippen LogP contribution in [-0.2, 0) is 4.74 Å². The number of fused-ring (bicyclic) bond motifs is 1. The van der Waals surface area contributed by atoms with Crippen LogP contribution in [0, 0.1) is 19.8 Å². The zero-order chi connectivity index (χ0) is 18.4. The number of benzene rings is 1. The fourth-order valence-corrected chi connectivity index (χ4v) is 5.67. The summed E-state index contributed by atoms with van der Waals surface area (Å²) >= 11 is 0. The predicted molar refractivity (Wildman–Crippen MR) is 107 cm³/mol. The van der Waals surface area contributed by atoms with Crippen LogP contribution in [0.5, 0.6) is 0 Å². The Morgan fingerprint density at radius 2 is 1.96 bits per heavy atom. The molecule has 2 fully saturated rings. The van der Waals surface area contributed by atoms with Gasteiger partial charge in [0.1, 0.15) is 11.7 Å². The highest BCUT2D eigenvalue weighted by molar-refractivity contribution is 5.54. The van der Waals surface area contributed by atoms with E-state index in [-0.39, 0.29) is 11.7 Å². The molecule has 1 aromatic rings. The smallest absolute Gasteiger partial charge is 0.148 e. The van der Waals surface area contributed by atoms with E-state index in [0.29, 0.717) is 5.92 Å². The molecule has 0 amide bonds. The Hall–Kier alpha value is -1.72. The van der Waals surface area contributed by atoms with Crippen LogP contribution < -0.4 is 5.01 Å². The first-order valence-electron chi connectivity index (χ1n) is 10.5. The lowest BCUT2D eigenvalue weighted by Gasteiger charge is -2.50. The second-order valence-corrected chi connectivity index (χ2v) is 8.48. The second kappa shape index (κ2) is 6.71. The van der Waals surface area contributed by atoms with Gasteiger partial charge in [0.25, 0.3) is 0 Å². The maximum absolute atomic E-state index is 5.70. The highest BCUT2D eigenvalue weighted by Gasteiger charge is 2.62. The van der Waals surface area contributed by atoms with E-state index < -0.39 is 0 Å². The van der Waals surface area contributed by atoms with Gasteiger partial charge in [-0.25, -0.2) is 5.01 Å². The zero-order valence-corrected chi connectivity index (χ0v) is 16.5. The van der Waals surface area contributed by atoms with Crippen molar-refractivity contribution in [2.24, 2.45) is 16.3 Å². The van der Waals surface area contributed by atoms with E-state index in [9.17, 15) is 0 Å². The van der Waals surface area contributed by atoms with E-state index in [0.717, 1.165) is 32.7 Å². The summed E-state index contributed by atoms with van der Waals surface area (Å²) in [7, 11) is 0. The Kier molecular flexibility index (Phi) is 4.32. The third-order valence-electron chi connectivity index (χ3n) is 7.13. The molecule has 5 nitrogen and oxygen atoms in total. The van der Waals surface area contributed by atoms with Gasteiger partial charge >= 0.3 is 0 Å². The van der Waals surface area contributed by atoms with Gasteiger partial charge in [0.05, 0.1) is 18.9 Å². The van der Waals surface area contributed by atoms with E-state index >= 15 is 0 Å². The minimum Gasteiger partial charge on any atom is -0.379 e. The number of ether oxygens (including phenoxy) is 1. The Labute approximate surface area is 162 Å². The number of aryl methyl sites for hydroxylation is 2. The molecule has 1 aromatic carbocycles. The summed E-state index contributed by atoms with van der Waals surface area (Å²) in [6, 6.07) is 6.99. The largest absolute Gasteiger partial charge is 0.379 e. The molecule has 0 spiro atoms. The van der Waals surface area contributed by atoms with Crippen LogP contribution in [0.25, 0.3) is 0 Å². The number of allylic oxidation sites excluding steroid dienone is 1. The first-order valence-corrected chi connectivity index (χ1v) is 10.5. The van der Waals surface area contributed by atoms with Crippen molar-refractivity contribution >= 4 is 5.69 Å².